The Labute approximate surface area is 80.9 Å². The zero-order valence-electron chi connectivity index (χ0n) is 7.53. The quantitative estimate of drug-likeness (QED) is 0.581. The molecule has 2 N–H and O–H groups in total. The Morgan fingerprint density at radius 1 is 1.00 bits per heavy atom. The SMILES string of the molecule is Nc1coc2cc3ccccc3cc12. The van der Waals surface area contributed by atoms with Crippen LogP contribution in [0.5, 0.6) is 0 Å². The van der Waals surface area contributed by atoms with Gasteiger partial charge in [0.05, 0.1) is 5.69 Å². The summed E-state index contributed by atoms with van der Waals surface area (Å²) in [6, 6.07) is 12.2. The average molecular weight is 183 g/mol. The predicted octanol–water partition coefficient (Wildman–Crippen LogP) is 3.17. The molecule has 3 rings (SSSR count). The smallest absolute Gasteiger partial charge is 0.136 e. The van der Waals surface area contributed by atoms with Crippen LogP contribution in [-0.4, -0.2) is 0 Å². The van der Waals surface area contributed by atoms with Gasteiger partial charge in [0.25, 0.3) is 0 Å². The zero-order chi connectivity index (χ0) is 9.54. The number of furan rings is 1. The number of rotatable bonds is 0. The van der Waals surface area contributed by atoms with Gasteiger partial charge >= 0.3 is 0 Å². The molecule has 1 heterocycles. The topological polar surface area (TPSA) is 39.2 Å². The molecular formula is C12H9NO. The number of nitrogens with two attached hydrogens (primary N) is 1. The normalized spacial score (nSPS) is 11.1. The van der Waals surface area contributed by atoms with E-state index < -0.39 is 0 Å². The van der Waals surface area contributed by atoms with E-state index in [0.717, 1.165) is 11.0 Å². The molecule has 1 aromatic heterocycles. The van der Waals surface area contributed by atoms with Gasteiger partial charge in [0.2, 0.25) is 0 Å². The second kappa shape index (κ2) is 2.51. The predicted molar refractivity (Wildman–Crippen MR) is 58.1 cm³/mol. The molecule has 0 spiro atoms. The van der Waals surface area contributed by atoms with Crippen LogP contribution in [0.25, 0.3) is 21.7 Å². The van der Waals surface area contributed by atoms with Crippen molar-refractivity contribution in [2.75, 3.05) is 5.73 Å². The summed E-state index contributed by atoms with van der Waals surface area (Å²) in [5.41, 5.74) is 7.32. The maximum atomic E-state index is 5.77. The van der Waals surface area contributed by atoms with Crippen molar-refractivity contribution in [1.82, 2.24) is 0 Å². The van der Waals surface area contributed by atoms with Gasteiger partial charge in [0, 0.05) is 5.39 Å². The lowest BCUT2D eigenvalue weighted by Crippen LogP contribution is -1.80. The third-order valence-electron chi connectivity index (χ3n) is 2.47. The summed E-state index contributed by atoms with van der Waals surface area (Å²) in [5, 5.41) is 3.35. The maximum Gasteiger partial charge on any atom is 0.136 e. The minimum Gasteiger partial charge on any atom is -0.462 e. The summed E-state index contributed by atoms with van der Waals surface area (Å²) in [7, 11) is 0. The first kappa shape index (κ1) is 7.44. The van der Waals surface area contributed by atoms with Crippen LogP contribution in [0, 0.1) is 0 Å². The molecule has 0 bridgehead atoms. The number of hydrogen-bond acceptors (Lipinski definition) is 2. The van der Waals surface area contributed by atoms with Gasteiger partial charge < -0.3 is 10.2 Å². The van der Waals surface area contributed by atoms with Crippen molar-refractivity contribution in [2.45, 2.75) is 0 Å². The summed E-state index contributed by atoms with van der Waals surface area (Å²) in [4.78, 5) is 0. The van der Waals surface area contributed by atoms with Crippen LogP contribution >= 0.6 is 0 Å². The molecule has 0 fully saturated rings. The molecule has 0 aliphatic carbocycles. The first-order valence-corrected chi connectivity index (χ1v) is 4.50. The van der Waals surface area contributed by atoms with Gasteiger partial charge in [0.1, 0.15) is 11.8 Å². The lowest BCUT2D eigenvalue weighted by molar-refractivity contribution is 0.618. The number of hydrogen-bond donors (Lipinski definition) is 1. The van der Waals surface area contributed by atoms with Gasteiger partial charge in [-0.3, -0.25) is 0 Å². The van der Waals surface area contributed by atoms with Crippen molar-refractivity contribution in [1.29, 1.82) is 0 Å². The fourth-order valence-electron chi connectivity index (χ4n) is 1.73. The zero-order valence-corrected chi connectivity index (χ0v) is 7.53. The standard InChI is InChI=1S/C12H9NO/c13-11-7-14-12-6-9-4-2-1-3-8(9)5-10(11)12/h1-7H,13H2. The highest BCUT2D eigenvalue weighted by Gasteiger charge is 2.03. The highest BCUT2D eigenvalue weighted by molar-refractivity contribution is 6.00. The van der Waals surface area contributed by atoms with Crippen molar-refractivity contribution in [3.63, 3.8) is 0 Å². The van der Waals surface area contributed by atoms with E-state index in [1.807, 2.05) is 18.2 Å². The number of anilines is 1. The molecule has 0 atom stereocenters. The van der Waals surface area contributed by atoms with Crippen LogP contribution in [0.3, 0.4) is 0 Å². The van der Waals surface area contributed by atoms with E-state index in [4.69, 9.17) is 10.2 Å². The number of fused-ring (bicyclic) bond motifs is 2. The first-order chi connectivity index (χ1) is 6.84. The molecule has 2 heteroatoms. The van der Waals surface area contributed by atoms with Crippen LogP contribution < -0.4 is 5.73 Å². The van der Waals surface area contributed by atoms with Crippen LogP contribution in [0.15, 0.2) is 47.1 Å². The van der Waals surface area contributed by atoms with Crippen molar-refractivity contribution in [3.05, 3.63) is 42.7 Å². The van der Waals surface area contributed by atoms with E-state index in [0.29, 0.717) is 5.69 Å². The number of benzene rings is 2. The van der Waals surface area contributed by atoms with Gasteiger partial charge in [-0.25, -0.2) is 0 Å². The molecule has 0 unspecified atom stereocenters. The van der Waals surface area contributed by atoms with Crippen molar-refractivity contribution < 1.29 is 4.42 Å². The van der Waals surface area contributed by atoms with Gasteiger partial charge in [0.15, 0.2) is 0 Å². The molecule has 0 saturated carbocycles. The van der Waals surface area contributed by atoms with Gasteiger partial charge in [-0.1, -0.05) is 24.3 Å². The molecule has 2 nitrogen and oxygen atoms in total. The summed E-state index contributed by atoms with van der Waals surface area (Å²) in [6.07, 6.45) is 1.59. The summed E-state index contributed by atoms with van der Waals surface area (Å²) in [6.45, 7) is 0. The van der Waals surface area contributed by atoms with Crippen LogP contribution in [0.1, 0.15) is 0 Å². The van der Waals surface area contributed by atoms with Crippen LogP contribution in [0.4, 0.5) is 5.69 Å². The van der Waals surface area contributed by atoms with E-state index in [9.17, 15) is 0 Å². The summed E-state index contributed by atoms with van der Waals surface area (Å²) < 4.78 is 5.33. The van der Waals surface area contributed by atoms with Crippen molar-refractivity contribution in [2.24, 2.45) is 0 Å². The molecule has 0 radical (unpaired) electrons. The molecule has 0 saturated heterocycles. The summed E-state index contributed by atoms with van der Waals surface area (Å²) in [5.74, 6) is 0. The van der Waals surface area contributed by atoms with E-state index in [-0.39, 0.29) is 0 Å². The van der Waals surface area contributed by atoms with Gasteiger partial charge in [-0.2, -0.15) is 0 Å². The Kier molecular flexibility index (Phi) is 1.34. The lowest BCUT2D eigenvalue weighted by Gasteiger charge is -1.96. The third kappa shape index (κ3) is 0.909. The average Bonchev–Trinajstić information content (AvgIpc) is 2.57. The Hall–Kier alpha value is -1.96. The molecular weight excluding hydrogens is 174 g/mol. The monoisotopic (exact) mass is 183 g/mol. The molecule has 3 aromatic rings. The highest BCUT2D eigenvalue weighted by Crippen LogP contribution is 2.27. The summed E-state index contributed by atoms with van der Waals surface area (Å²) >= 11 is 0. The lowest BCUT2D eigenvalue weighted by atomic mass is 10.1. The fourth-order valence-corrected chi connectivity index (χ4v) is 1.73. The Morgan fingerprint density at radius 2 is 1.71 bits per heavy atom. The minimum atomic E-state index is 0.700. The van der Waals surface area contributed by atoms with E-state index in [1.165, 1.54) is 10.8 Å². The van der Waals surface area contributed by atoms with Crippen molar-refractivity contribution in [3.8, 4) is 0 Å². The highest BCUT2D eigenvalue weighted by atomic mass is 16.3. The second-order valence-electron chi connectivity index (χ2n) is 3.39. The molecule has 2 aromatic carbocycles. The molecule has 14 heavy (non-hydrogen) atoms. The Bertz CT molecular complexity index is 610. The van der Waals surface area contributed by atoms with E-state index in [1.54, 1.807) is 6.26 Å². The maximum absolute atomic E-state index is 5.77. The Morgan fingerprint density at radius 3 is 2.50 bits per heavy atom. The second-order valence-corrected chi connectivity index (χ2v) is 3.39. The van der Waals surface area contributed by atoms with Crippen LogP contribution in [0.2, 0.25) is 0 Å². The van der Waals surface area contributed by atoms with E-state index >= 15 is 0 Å². The third-order valence-corrected chi connectivity index (χ3v) is 2.47. The van der Waals surface area contributed by atoms with Gasteiger partial charge in [-0.15, -0.1) is 0 Å². The Balaban J connectivity index is 2.54. The minimum absolute atomic E-state index is 0.700. The molecule has 0 amide bonds. The first-order valence-electron chi connectivity index (χ1n) is 4.50. The van der Waals surface area contributed by atoms with E-state index in [2.05, 4.69) is 18.2 Å². The largest absolute Gasteiger partial charge is 0.462 e. The molecule has 0 aliphatic heterocycles. The number of nitrogen functional groups attached to an aromatic ring is 1. The molecule has 68 valence electrons. The molecule has 0 aliphatic rings. The van der Waals surface area contributed by atoms with Crippen molar-refractivity contribution >= 4 is 27.4 Å². The van der Waals surface area contributed by atoms with Gasteiger partial charge in [-0.05, 0) is 22.9 Å². The van der Waals surface area contributed by atoms with Crippen LogP contribution in [-0.2, 0) is 0 Å². The fraction of sp³-hybridized carbons (Fsp3) is 0.